The summed E-state index contributed by atoms with van der Waals surface area (Å²) >= 11 is 0. The lowest BCUT2D eigenvalue weighted by atomic mass is 9.95. The van der Waals surface area contributed by atoms with Crippen LogP contribution < -0.4 is 5.32 Å². The van der Waals surface area contributed by atoms with E-state index in [-0.39, 0.29) is 35.5 Å². The van der Waals surface area contributed by atoms with Crippen LogP contribution in [0.25, 0.3) is 0 Å². The third kappa shape index (κ3) is 4.49. The molecule has 1 saturated carbocycles. The van der Waals surface area contributed by atoms with Crippen LogP contribution in [0.1, 0.15) is 51.0 Å². The lowest BCUT2D eigenvalue weighted by molar-refractivity contribution is -0.139. The van der Waals surface area contributed by atoms with Gasteiger partial charge in [0, 0.05) is 24.7 Å². The van der Waals surface area contributed by atoms with Gasteiger partial charge in [0.25, 0.3) is 0 Å². The van der Waals surface area contributed by atoms with Gasteiger partial charge in [-0.3, -0.25) is 14.4 Å². The quantitative estimate of drug-likeness (QED) is 0.803. The predicted molar refractivity (Wildman–Crippen MR) is 102 cm³/mol. The topological polar surface area (TPSA) is 86.7 Å². The van der Waals surface area contributed by atoms with Crippen molar-refractivity contribution < 1.29 is 19.5 Å². The summed E-state index contributed by atoms with van der Waals surface area (Å²) in [6.45, 7) is 5.15. The Labute approximate surface area is 159 Å². The summed E-state index contributed by atoms with van der Waals surface area (Å²) < 4.78 is 0. The molecule has 2 fully saturated rings. The minimum Gasteiger partial charge on any atom is -0.481 e. The van der Waals surface area contributed by atoms with Crippen molar-refractivity contribution in [2.24, 2.45) is 17.8 Å². The van der Waals surface area contributed by atoms with Crippen LogP contribution in [-0.2, 0) is 14.4 Å². The Kier molecular flexibility index (Phi) is 5.82. The van der Waals surface area contributed by atoms with Crippen LogP contribution in [0, 0.1) is 17.8 Å². The van der Waals surface area contributed by atoms with Gasteiger partial charge in [0.2, 0.25) is 11.8 Å². The second kappa shape index (κ2) is 8.11. The third-order valence-corrected chi connectivity index (χ3v) is 5.85. The van der Waals surface area contributed by atoms with Crippen molar-refractivity contribution in [3.63, 3.8) is 0 Å². The fourth-order valence-electron chi connectivity index (χ4n) is 3.77. The van der Waals surface area contributed by atoms with Gasteiger partial charge in [-0.25, -0.2) is 0 Å². The number of nitrogens with zero attached hydrogens (tertiary/aromatic N) is 1. The number of nitrogens with one attached hydrogen (secondary N) is 1. The molecule has 0 spiro atoms. The molecule has 0 aromatic heterocycles. The van der Waals surface area contributed by atoms with Crippen LogP contribution in [0.2, 0.25) is 0 Å². The number of rotatable bonds is 6. The third-order valence-electron chi connectivity index (χ3n) is 5.85. The van der Waals surface area contributed by atoms with Gasteiger partial charge in [-0.05, 0) is 49.3 Å². The maximum Gasteiger partial charge on any atom is 0.307 e. The number of aliphatic carboxylic acids is 1. The zero-order valence-electron chi connectivity index (χ0n) is 16.0. The Bertz CT molecular complexity index is 715. The van der Waals surface area contributed by atoms with Crippen molar-refractivity contribution in [2.75, 3.05) is 18.4 Å². The number of amides is 2. The van der Waals surface area contributed by atoms with Crippen LogP contribution in [-0.4, -0.2) is 40.9 Å². The number of piperidine rings is 1. The molecule has 1 saturated heterocycles. The van der Waals surface area contributed by atoms with Crippen molar-refractivity contribution in [3.05, 3.63) is 29.8 Å². The number of hydrogen-bond acceptors (Lipinski definition) is 3. The van der Waals surface area contributed by atoms with Crippen LogP contribution in [0.15, 0.2) is 24.3 Å². The van der Waals surface area contributed by atoms with Gasteiger partial charge in [0.1, 0.15) is 0 Å². The van der Waals surface area contributed by atoms with E-state index in [1.54, 1.807) is 0 Å². The molecule has 6 nitrogen and oxygen atoms in total. The van der Waals surface area contributed by atoms with Crippen LogP contribution in [0.3, 0.4) is 0 Å². The minimum atomic E-state index is -0.744. The molecule has 146 valence electrons. The Balaban J connectivity index is 1.55. The van der Waals surface area contributed by atoms with Gasteiger partial charge in [-0.1, -0.05) is 26.0 Å². The molecule has 6 heteroatoms. The second-order valence-electron chi connectivity index (χ2n) is 7.83. The first-order chi connectivity index (χ1) is 12.9. The number of carboxylic acids is 1. The zero-order chi connectivity index (χ0) is 19.6. The highest BCUT2D eigenvalue weighted by atomic mass is 16.4. The van der Waals surface area contributed by atoms with E-state index < -0.39 is 5.97 Å². The summed E-state index contributed by atoms with van der Waals surface area (Å²) in [5.41, 5.74) is 1.71. The summed E-state index contributed by atoms with van der Waals surface area (Å²) in [6, 6.07) is 7.44. The highest BCUT2D eigenvalue weighted by Gasteiger charge is 2.44. The highest BCUT2D eigenvalue weighted by molar-refractivity contribution is 5.93. The molecule has 1 aromatic rings. The maximum absolute atomic E-state index is 12.6. The van der Waals surface area contributed by atoms with E-state index in [0.29, 0.717) is 18.7 Å². The first-order valence-corrected chi connectivity index (χ1v) is 9.83. The minimum absolute atomic E-state index is 0.00333. The summed E-state index contributed by atoms with van der Waals surface area (Å²) in [4.78, 5) is 37.8. The van der Waals surface area contributed by atoms with Gasteiger partial charge in [0.05, 0.1) is 11.8 Å². The molecular formula is C21H28N2O4. The molecule has 2 aliphatic rings. The van der Waals surface area contributed by atoms with Crippen LogP contribution in [0.5, 0.6) is 0 Å². The molecule has 4 atom stereocenters. The van der Waals surface area contributed by atoms with E-state index in [9.17, 15) is 14.4 Å². The summed E-state index contributed by atoms with van der Waals surface area (Å²) in [6.07, 6.45) is 3.12. The number of anilines is 1. The van der Waals surface area contributed by atoms with Crippen molar-refractivity contribution in [1.82, 2.24) is 4.90 Å². The molecule has 1 aliphatic heterocycles. The van der Waals surface area contributed by atoms with Crippen LogP contribution in [0.4, 0.5) is 5.69 Å². The van der Waals surface area contributed by atoms with Gasteiger partial charge < -0.3 is 15.3 Å². The summed E-state index contributed by atoms with van der Waals surface area (Å²) in [7, 11) is 0. The van der Waals surface area contributed by atoms with E-state index in [4.69, 9.17) is 5.11 Å². The first kappa shape index (κ1) is 19.4. The number of likely N-dealkylation sites (tertiary alicyclic amines) is 1. The molecule has 3 rings (SSSR count). The standard InChI is InChI=1S/C21H28N2O4/c1-3-13(2)20(25)23-10-4-5-15(12-23)19(24)22-16-8-6-14(7-9-16)17-11-18(17)21(26)27/h6-9,13,15,17-18H,3-5,10-12H2,1-2H3,(H,22,24)(H,26,27)/t13?,15?,17-,18+/m0/s1. The Hall–Kier alpha value is -2.37. The smallest absolute Gasteiger partial charge is 0.307 e. The lowest BCUT2D eigenvalue weighted by Crippen LogP contribution is -2.45. The second-order valence-corrected chi connectivity index (χ2v) is 7.83. The molecule has 0 bridgehead atoms. The van der Waals surface area contributed by atoms with Gasteiger partial charge in [-0.2, -0.15) is 0 Å². The molecule has 2 unspecified atom stereocenters. The van der Waals surface area contributed by atoms with Crippen molar-refractivity contribution in [1.29, 1.82) is 0 Å². The Morgan fingerprint density at radius 2 is 1.96 bits per heavy atom. The number of hydrogen-bond donors (Lipinski definition) is 2. The fraction of sp³-hybridized carbons (Fsp3) is 0.571. The largest absolute Gasteiger partial charge is 0.481 e. The average molecular weight is 372 g/mol. The van der Waals surface area contributed by atoms with E-state index in [0.717, 1.165) is 31.4 Å². The predicted octanol–water partition coefficient (Wildman–Crippen LogP) is 3.10. The lowest BCUT2D eigenvalue weighted by Gasteiger charge is -2.33. The first-order valence-electron chi connectivity index (χ1n) is 9.83. The SMILES string of the molecule is CCC(C)C(=O)N1CCCC(C(=O)Nc2ccc([C@@H]3C[C@H]3C(=O)O)cc2)C1. The van der Waals surface area contributed by atoms with Crippen molar-refractivity contribution >= 4 is 23.5 Å². The number of carbonyl (C=O) groups is 3. The van der Waals surface area contributed by atoms with E-state index in [1.165, 1.54) is 0 Å². The average Bonchev–Trinajstić information content (AvgIpc) is 3.48. The van der Waals surface area contributed by atoms with Crippen molar-refractivity contribution in [2.45, 2.75) is 45.4 Å². The Morgan fingerprint density at radius 3 is 2.56 bits per heavy atom. The molecule has 1 aliphatic carbocycles. The van der Waals surface area contributed by atoms with E-state index >= 15 is 0 Å². The van der Waals surface area contributed by atoms with Crippen LogP contribution >= 0.6 is 0 Å². The fourth-order valence-corrected chi connectivity index (χ4v) is 3.77. The number of carboxylic acid groups (broad SMARTS) is 1. The number of carbonyl (C=O) groups excluding carboxylic acids is 2. The van der Waals surface area contributed by atoms with Gasteiger partial charge >= 0.3 is 5.97 Å². The molecule has 2 amide bonds. The Morgan fingerprint density at radius 1 is 1.26 bits per heavy atom. The van der Waals surface area contributed by atoms with E-state index in [1.807, 2.05) is 43.0 Å². The molecule has 27 heavy (non-hydrogen) atoms. The molecular weight excluding hydrogens is 344 g/mol. The maximum atomic E-state index is 12.6. The molecule has 1 aromatic carbocycles. The molecule has 0 radical (unpaired) electrons. The van der Waals surface area contributed by atoms with E-state index in [2.05, 4.69) is 5.32 Å². The monoisotopic (exact) mass is 372 g/mol. The summed E-state index contributed by atoms with van der Waals surface area (Å²) in [5.74, 6) is -1.04. The van der Waals surface area contributed by atoms with Gasteiger partial charge in [0.15, 0.2) is 0 Å². The summed E-state index contributed by atoms with van der Waals surface area (Å²) in [5, 5.41) is 12.0. The normalized spacial score (nSPS) is 25.6. The number of benzene rings is 1. The zero-order valence-corrected chi connectivity index (χ0v) is 16.0. The highest BCUT2D eigenvalue weighted by Crippen LogP contribution is 2.47. The van der Waals surface area contributed by atoms with Gasteiger partial charge in [-0.15, -0.1) is 0 Å². The van der Waals surface area contributed by atoms with Crippen molar-refractivity contribution in [3.8, 4) is 0 Å². The molecule has 2 N–H and O–H groups in total. The molecule has 1 heterocycles.